The molecule has 1 aromatic carbocycles. The maximum absolute atomic E-state index is 13.8. The SMILES string of the molecule is CCOC(=O)N1CCN(C2=Nc3cc(F)ccc3Nc3sc(CC)cc32)CC1. The summed E-state index contributed by atoms with van der Waals surface area (Å²) < 4.78 is 18.9. The standard InChI is InChI=1S/C20H23FN4O2S/c1-3-14-12-15-18(24-7-9-25(10-8-24)20(26)27-4-2)22-17-11-13(21)5-6-16(17)23-19(15)28-14/h5-6,11-12,23H,3-4,7-10H2,1-2H3. The molecule has 8 heteroatoms. The number of rotatable bonds is 2. The minimum Gasteiger partial charge on any atom is -0.450 e. The largest absolute Gasteiger partial charge is 0.450 e. The Kier molecular flexibility index (Phi) is 5.21. The molecule has 0 saturated carbocycles. The molecule has 0 aliphatic carbocycles. The third-order valence-corrected chi connectivity index (χ3v) is 6.11. The predicted octanol–water partition coefficient (Wildman–Crippen LogP) is 4.36. The van der Waals surface area contributed by atoms with Crippen LogP contribution in [0, 0.1) is 5.82 Å². The van der Waals surface area contributed by atoms with Gasteiger partial charge in [0, 0.05) is 37.1 Å². The van der Waals surface area contributed by atoms with Crippen LogP contribution in [0.3, 0.4) is 0 Å². The van der Waals surface area contributed by atoms with Crippen LogP contribution >= 0.6 is 11.3 Å². The second-order valence-corrected chi connectivity index (χ2v) is 7.84. The minimum atomic E-state index is -0.310. The van der Waals surface area contributed by atoms with Crippen LogP contribution in [0.4, 0.5) is 25.6 Å². The van der Waals surface area contributed by atoms with E-state index < -0.39 is 0 Å². The van der Waals surface area contributed by atoms with E-state index >= 15 is 0 Å². The lowest BCUT2D eigenvalue weighted by Gasteiger charge is -2.35. The van der Waals surface area contributed by atoms with Gasteiger partial charge in [0.05, 0.1) is 23.5 Å². The third-order valence-electron chi connectivity index (χ3n) is 4.91. The lowest BCUT2D eigenvalue weighted by molar-refractivity contribution is 0.0921. The average Bonchev–Trinajstić information content (AvgIpc) is 3.04. The number of hydrogen-bond donors (Lipinski definition) is 1. The zero-order valence-electron chi connectivity index (χ0n) is 16.0. The highest BCUT2D eigenvalue weighted by Gasteiger charge is 2.28. The first kappa shape index (κ1) is 18.7. The van der Waals surface area contributed by atoms with Crippen molar-refractivity contribution in [1.82, 2.24) is 9.80 Å². The van der Waals surface area contributed by atoms with Crippen molar-refractivity contribution in [3.8, 4) is 0 Å². The molecule has 148 valence electrons. The Hall–Kier alpha value is -2.61. The molecule has 3 heterocycles. The molecule has 0 spiro atoms. The normalized spacial score (nSPS) is 15.9. The highest BCUT2D eigenvalue weighted by atomic mass is 32.1. The van der Waals surface area contributed by atoms with Crippen molar-refractivity contribution in [3.05, 3.63) is 40.5 Å². The van der Waals surface area contributed by atoms with Crippen LogP contribution in [-0.2, 0) is 11.2 Å². The van der Waals surface area contributed by atoms with Crippen LogP contribution in [-0.4, -0.2) is 54.5 Å². The van der Waals surface area contributed by atoms with Crippen LogP contribution in [0.2, 0.25) is 0 Å². The van der Waals surface area contributed by atoms with E-state index in [1.54, 1.807) is 29.2 Å². The molecule has 1 aromatic heterocycles. The summed E-state index contributed by atoms with van der Waals surface area (Å²) in [6.07, 6.45) is 0.669. The highest BCUT2D eigenvalue weighted by molar-refractivity contribution is 7.16. The van der Waals surface area contributed by atoms with Crippen LogP contribution in [0.5, 0.6) is 0 Å². The predicted molar refractivity (Wildman–Crippen MR) is 110 cm³/mol. The molecular formula is C20H23FN4O2S. The van der Waals surface area contributed by atoms with Crippen molar-refractivity contribution in [2.75, 3.05) is 38.1 Å². The Bertz CT molecular complexity index is 919. The van der Waals surface area contributed by atoms with Crippen molar-refractivity contribution in [1.29, 1.82) is 0 Å². The number of carbonyl (C=O) groups excluding carboxylic acids is 1. The number of piperazine rings is 1. The smallest absolute Gasteiger partial charge is 0.409 e. The second-order valence-electron chi connectivity index (χ2n) is 6.70. The van der Waals surface area contributed by atoms with E-state index in [-0.39, 0.29) is 11.9 Å². The molecule has 28 heavy (non-hydrogen) atoms. The second kappa shape index (κ2) is 7.79. The van der Waals surface area contributed by atoms with Gasteiger partial charge >= 0.3 is 6.09 Å². The molecule has 0 unspecified atom stereocenters. The van der Waals surface area contributed by atoms with Gasteiger partial charge in [-0.15, -0.1) is 11.3 Å². The summed E-state index contributed by atoms with van der Waals surface area (Å²) in [6, 6.07) is 6.78. The first-order chi connectivity index (χ1) is 13.6. The van der Waals surface area contributed by atoms with E-state index in [0.29, 0.717) is 38.5 Å². The highest BCUT2D eigenvalue weighted by Crippen LogP contribution is 2.40. The molecule has 6 nitrogen and oxygen atoms in total. The number of amides is 1. The van der Waals surface area contributed by atoms with Crippen LogP contribution in [0.25, 0.3) is 0 Å². The number of aliphatic imine (C=N–C) groups is 1. The summed E-state index contributed by atoms with van der Waals surface area (Å²) in [5, 5.41) is 4.45. The lowest BCUT2D eigenvalue weighted by atomic mass is 10.2. The fourth-order valence-corrected chi connectivity index (χ4v) is 4.44. The van der Waals surface area contributed by atoms with Crippen LogP contribution in [0.15, 0.2) is 29.3 Å². The lowest BCUT2D eigenvalue weighted by Crippen LogP contribution is -2.50. The number of halogens is 1. The molecule has 1 saturated heterocycles. The number of amidine groups is 1. The van der Waals surface area contributed by atoms with E-state index in [1.807, 2.05) is 0 Å². The van der Waals surface area contributed by atoms with E-state index in [4.69, 9.17) is 9.73 Å². The number of anilines is 2. The number of nitrogens with zero attached hydrogens (tertiary/aromatic N) is 3. The number of nitrogens with one attached hydrogen (secondary N) is 1. The Balaban J connectivity index is 1.66. The molecule has 0 radical (unpaired) electrons. The molecule has 1 amide bonds. The summed E-state index contributed by atoms with van der Waals surface area (Å²) in [5.41, 5.74) is 2.42. The maximum atomic E-state index is 13.8. The number of thiophene rings is 1. The van der Waals surface area contributed by atoms with Gasteiger partial charge in [0.2, 0.25) is 0 Å². The van der Waals surface area contributed by atoms with Gasteiger partial charge in [-0.25, -0.2) is 14.2 Å². The first-order valence-electron chi connectivity index (χ1n) is 9.54. The number of fused-ring (bicyclic) bond motifs is 2. The van der Waals surface area contributed by atoms with Gasteiger partial charge < -0.3 is 19.9 Å². The van der Waals surface area contributed by atoms with E-state index in [9.17, 15) is 9.18 Å². The van der Waals surface area contributed by atoms with Gasteiger partial charge in [-0.05, 0) is 31.5 Å². The molecule has 2 aliphatic rings. The van der Waals surface area contributed by atoms with Gasteiger partial charge in [-0.1, -0.05) is 6.92 Å². The third kappa shape index (κ3) is 3.56. The van der Waals surface area contributed by atoms with E-state index in [0.717, 1.165) is 28.5 Å². The van der Waals surface area contributed by atoms with Crippen molar-refractivity contribution in [3.63, 3.8) is 0 Å². The minimum absolute atomic E-state index is 0.275. The molecule has 0 atom stereocenters. The molecular weight excluding hydrogens is 379 g/mol. The molecule has 1 fully saturated rings. The van der Waals surface area contributed by atoms with E-state index in [2.05, 4.69) is 23.2 Å². The summed E-state index contributed by atoms with van der Waals surface area (Å²) in [6.45, 7) is 6.75. The number of hydrogen-bond acceptors (Lipinski definition) is 6. The fourth-order valence-electron chi connectivity index (χ4n) is 3.43. The summed E-state index contributed by atoms with van der Waals surface area (Å²) in [4.78, 5) is 22.0. The Morgan fingerprint density at radius 1 is 1.25 bits per heavy atom. The molecule has 2 aromatic rings. The van der Waals surface area contributed by atoms with Gasteiger partial charge in [0.15, 0.2) is 0 Å². The van der Waals surface area contributed by atoms with Gasteiger partial charge in [0.25, 0.3) is 0 Å². The van der Waals surface area contributed by atoms with Crippen molar-refractivity contribution in [2.45, 2.75) is 20.3 Å². The van der Waals surface area contributed by atoms with Crippen LogP contribution in [0.1, 0.15) is 24.3 Å². The average molecular weight is 402 g/mol. The summed E-state index contributed by atoms with van der Waals surface area (Å²) in [7, 11) is 0. The number of benzene rings is 1. The molecule has 2 aliphatic heterocycles. The zero-order valence-corrected chi connectivity index (χ0v) is 16.8. The number of ether oxygens (including phenoxy) is 1. The number of aryl methyl sites for hydroxylation is 1. The van der Waals surface area contributed by atoms with Crippen molar-refractivity contribution < 1.29 is 13.9 Å². The monoisotopic (exact) mass is 402 g/mol. The van der Waals surface area contributed by atoms with E-state index in [1.165, 1.54) is 17.0 Å². The Labute approximate surface area is 167 Å². The summed E-state index contributed by atoms with van der Waals surface area (Å²) >= 11 is 1.70. The fraction of sp³-hybridized carbons (Fsp3) is 0.400. The molecule has 4 rings (SSSR count). The van der Waals surface area contributed by atoms with Crippen molar-refractivity contribution in [2.24, 2.45) is 4.99 Å². The molecule has 0 bridgehead atoms. The quantitative estimate of drug-likeness (QED) is 0.811. The Morgan fingerprint density at radius 3 is 2.75 bits per heavy atom. The van der Waals surface area contributed by atoms with Gasteiger partial charge in [0.1, 0.15) is 16.7 Å². The first-order valence-corrected chi connectivity index (χ1v) is 10.4. The maximum Gasteiger partial charge on any atom is 0.409 e. The summed E-state index contributed by atoms with van der Waals surface area (Å²) in [5.74, 6) is 0.515. The molecule has 1 N–H and O–H groups in total. The van der Waals surface area contributed by atoms with Crippen molar-refractivity contribution >= 4 is 39.6 Å². The van der Waals surface area contributed by atoms with Crippen LogP contribution < -0.4 is 5.32 Å². The number of carbonyl (C=O) groups is 1. The zero-order chi connectivity index (χ0) is 19.7. The topological polar surface area (TPSA) is 57.2 Å². The van der Waals surface area contributed by atoms with Gasteiger partial charge in [-0.2, -0.15) is 0 Å². The Morgan fingerprint density at radius 2 is 2.04 bits per heavy atom. The van der Waals surface area contributed by atoms with Gasteiger partial charge in [-0.3, -0.25) is 0 Å².